The summed E-state index contributed by atoms with van der Waals surface area (Å²) in [6.07, 6.45) is 0.739. The number of carbonyl (C=O) groups excluding carboxylic acids is 1. The van der Waals surface area contributed by atoms with Gasteiger partial charge in [-0.1, -0.05) is 25.1 Å². The molecule has 0 saturated heterocycles. The first-order chi connectivity index (χ1) is 9.97. The molecule has 0 bridgehead atoms. The normalized spacial score (nSPS) is 10.4. The number of aryl methyl sites for hydroxylation is 2. The van der Waals surface area contributed by atoms with Gasteiger partial charge in [0.15, 0.2) is 0 Å². The molecular weight excluding hydrogens is 288 g/mol. The zero-order valence-corrected chi connectivity index (χ0v) is 12.9. The number of aromatic carboxylic acids is 1. The molecule has 6 heteroatoms. The number of carboxylic acid groups (broad SMARTS) is 1. The number of carbonyl (C=O) groups is 2. The molecule has 0 atom stereocenters. The second-order valence-corrected chi connectivity index (χ2v) is 5.38. The zero-order chi connectivity index (χ0) is 15.6. The number of aromatic nitrogens is 1. The molecule has 5 nitrogen and oxygen atoms in total. The topological polar surface area (TPSA) is 70.5 Å². The van der Waals surface area contributed by atoms with Crippen LogP contribution >= 0.6 is 11.5 Å². The Hall–Kier alpha value is -2.21. The van der Waals surface area contributed by atoms with Gasteiger partial charge in [-0.15, -0.1) is 0 Å². The molecule has 2 rings (SSSR count). The lowest BCUT2D eigenvalue weighted by Crippen LogP contribution is -2.27. The van der Waals surface area contributed by atoms with Crippen LogP contribution in [-0.4, -0.2) is 28.4 Å². The third kappa shape index (κ3) is 2.80. The largest absolute Gasteiger partial charge is 0.478 e. The van der Waals surface area contributed by atoms with Crippen molar-refractivity contribution < 1.29 is 14.7 Å². The van der Waals surface area contributed by atoms with Gasteiger partial charge in [0, 0.05) is 12.6 Å². The number of carboxylic acids is 1. The Morgan fingerprint density at radius 2 is 2.00 bits per heavy atom. The number of benzene rings is 1. The van der Waals surface area contributed by atoms with E-state index in [1.54, 1.807) is 26.1 Å². The van der Waals surface area contributed by atoms with Crippen LogP contribution in [0.15, 0.2) is 24.3 Å². The number of rotatable bonds is 4. The molecule has 21 heavy (non-hydrogen) atoms. The Morgan fingerprint density at radius 1 is 1.33 bits per heavy atom. The van der Waals surface area contributed by atoms with Crippen molar-refractivity contribution in [3.8, 4) is 0 Å². The van der Waals surface area contributed by atoms with Crippen LogP contribution in [0.3, 0.4) is 0 Å². The Kier molecular flexibility index (Phi) is 4.37. The van der Waals surface area contributed by atoms with E-state index in [1.165, 1.54) is 4.90 Å². The van der Waals surface area contributed by atoms with Crippen LogP contribution in [0.4, 0.5) is 5.00 Å². The quantitative estimate of drug-likeness (QED) is 0.942. The molecule has 0 radical (unpaired) electrons. The average molecular weight is 304 g/mol. The van der Waals surface area contributed by atoms with Crippen molar-refractivity contribution in [1.29, 1.82) is 0 Å². The van der Waals surface area contributed by atoms with E-state index in [2.05, 4.69) is 4.37 Å². The van der Waals surface area contributed by atoms with E-state index >= 15 is 0 Å². The molecule has 0 aliphatic rings. The number of amides is 1. The van der Waals surface area contributed by atoms with Crippen LogP contribution < -0.4 is 4.90 Å². The summed E-state index contributed by atoms with van der Waals surface area (Å²) in [6, 6.07) is 7.34. The first kappa shape index (κ1) is 15.2. The first-order valence-corrected chi connectivity index (χ1v) is 7.30. The highest BCUT2D eigenvalue weighted by Gasteiger charge is 2.25. The Labute approximate surface area is 127 Å². The van der Waals surface area contributed by atoms with E-state index in [4.69, 9.17) is 0 Å². The van der Waals surface area contributed by atoms with Crippen molar-refractivity contribution in [2.75, 3.05) is 11.9 Å². The van der Waals surface area contributed by atoms with Gasteiger partial charge in [0.25, 0.3) is 5.91 Å². The van der Waals surface area contributed by atoms with Gasteiger partial charge >= 0.3 is 5.97 Å². The molecule has 1 N–H and O–H groups in total. The molecule has 1 aromatic carbocycles. The minimum absolute atomic E-state index is 0.0878. The number of hydrogen-bond donors (Lipinski definition) is 1. The summed E-state index contributed by atoms with van der Waals surface area (Å²) in [5, 5.41) is 9.62. The Morgan fingerprint density at radius 3 is 2.62 bits per heavy atom. The minimum Gasteiger partial charge on any atom is -0.478 e. The number of anilines is 1. The fraction of sp³-hybridized carbons (Fsp3) is 0.267. The van der Waals surface area contributed by atoms with Crippen molar-refractivity contribution >= 4 is 28.4 Å². The van der Waals surface area contributed by atoms with Crippen LogP contribution in [-0.2, 0) is 6.42 Å². The highest BCUT2D eigenvalue weighted by Crippen LogP contribution is 2.29. The molecular formula is C15H16N2O3S. The Balaban J connectivity index is 2.43. The van der Waals surface area contributed by atoms with E-state index < -0.39 is 5.97 Å². The van der Waals surface area contributed by atoms with E-state index in [1.807, 2.05) is 19.1 Å². The smallest absolute Gasteiger partial charge is 0.340 e. The van der Waals surface area contributed by atoms with Gasteiger partial charge in [0.2, 0.25) is 0 Å². The number of hydrogen-bond acceptors (Lipinski definition) is 4. The van der Waals surface area contributed by atoms with Gasteiger partial charge in [-0.25, -0.2) is 4.79 Å². The summed E-state index contributed by atoms with van der Waals surface area (Å²) >= 11 is 1.02. The minimum atomic E-state index is -1.07. The molecule has 1 heterocycles. The third-order valence-electron chi connectivity index (χ3n) is 3.30. The van der Waals surface area contributed by atoms with Gasteiger partial charge in [0.1, 0.15) is 10.6 Å². The molecule has 1 aromatic heterocycles. The molecule has 0 aliphatic carbocycles. The predicted octanol–water partition coefficient (Wildman–Crippen LogP) is 2.99. The van der Waals surface area contributed by atoms with E-state index in [0.717, 1.165) is 23.5 Å². The maximum atomic E-state index is 12.6. The molecule has 1 amide bonds. The molecule has 0 saturated carbocycles. The second kappa shape index (κ2) is 6.05. The highest BCUT2D eigenvalue weighted by molar-refractivity contribution is 7.11. The zero-order valence-electron chi connectivity index (χ0n) is 12.1. The lowest BCUT2D eigenvalue weighted by atomic mass is 10.0. The fourth-order valence-electron chi connectivity index (χ4n) is 2.14. The average Bonchev–Trinajstić information content (AvgIpc) is 2.87. The summed E-state index contributed by atoms with van der Waals surface area (Å²) in [6.45, 7) is 3.60. The van der Waals surface area contributed by atoms with Gasteiger partial charge < -0.3 is 10.0 Å². The molecule has 110 valence electrons. The standard InChI is InChI=1S/C15H16N2O3S/c1-4-10-7-5-6-8-11(10)13(18)17(3)14-12(15(19)20)9(2)16-21-14/h5-8H,4H2,1-3H3,(H,19,20). The van der Waals surface area contributed by atoms with Crippen LogP contribution in [0.5, 0.6) is 0 Å². The summed E-state index contributed by atoms with van der Waals surface area (Å²) in [5.74, 6) is -1.29. The van der Waals surface area contributed by atoms with Gasteiger partial charge in [-0.05, 0) is 36.5 Å². The highest BCUT2D eigenvalue weighted by atomic mass is 32.1. The molecule has 0 aliphatic heterocycles. The van der Waals surface area contributed by atoms with E-state index in [9.17, 15) is 14.7 Å². The fourth-order valence-corrected chi connectivity index (χ4v) is 2.99. The Bertz CT molecular complexity index is 694. The lowest BCUT2D eigenvalue weighted by molar-refractivity contribution is 0.0697. The lowest BCUT2D eigenvalue weighted by Gasteiger charge is -2.17. The maximum absolute atomic E-state index is 12.6. The van der Waals surface area contributed by atoms with Crippen molar-refractivity contribution in [3.05, 3.63) is 46.6 Å². The molecule has 2 aromatic rings. The molecule has 0 spiro atoms. The van der Waals surface area contributed by atoms with Crippen molar-refractivity contribution in [1.82, 2.24) is 4.37 Å². The van der Waals surface area contributed by atoms with Crippen molar-refractivity contribution in [2.45, 2.75) is 20.3 Å². The van der Waals surface area contributed by atoms with Gasteiger partial charge in [-0.2, -0.15) is 4.37 Å². The van der Waals surface area contributed by atoms with Crippen LogP contribution in [0.2, 0.25) is 0 Å². The van der Waals surface area contributed by atoms with Gasteiger partial charge in [-0.3, -0.25) is 4.79 Å². The van der Waals surface area contributed by atoms with Crippen molar-refractivity contribution in [3.63, 3.8) is 0 Å². The summed E-state index contributed by atoms with van der Waals surface area (Å²) in [5.41, 5.74) is 2.04. The molecule has 0 unspecified atom stereocenters. The first-order valence-electron chi connectivity index (χ1n) is 6.52. The van der Waals surface area contributed by atoms with Crippen LogP contribution in [0, 0.1) is 6.92 Å². The summed E-state index contributed by atoms with van der Waals surface area (Å²) < 4.78 is 4.04. The van der Waals surface area contributed by atoms with Crippen LogP contribution in [0.25, 0.3) is 0 Å². The second-order valence-electron chi connectivity index (χ2n) is 4.63. The third-order valence-corrected chi connectivity index (χ3v) is 4.31. The summed E-state index contributed by atoms with van der Waals surface area (Å²) in [7, 11) is 1.58. The predicted molar refractivity (Wildman–Crippen MR) is 82.4 cm³/mol. The van der Waals surface area contributed by atoms with Crippen LogP contribution in [0.1, 0.15) is 38.9 Å². The SMILES string of the molecule is CCc1ccccc1C(=O)N(C)c1snc(C)c1C(=O)O. The monoisotopic (exact) mass is 304 g/mol. The molecule has 0 fully saturated rings. The van der Waals surface area contributed by atoms with E-state index in [-0.39, 0.29) is 11.5 Å². The summed E-state index contributed by atoms with van der Waals surface area (Å²) in [4.78, 5) is 25.3. The van der Waals surface area contributed by atoms with Gasteiger partial charge in [0.05, 0.1) is 5.69 Å². The number of nitrogens with zero attached hydrogens (tertiary/aromatic N) is 2. The maximum Gasteiger partial charge on any atom is 0.340 e. The van der Waals surface area contributed by atoms with Crippen molar-refractivity contribution in [2.24, 2.45) is 0 Å². The van der Waals surface area contributed by atoms with E-state index in [0.29, 0.717) is 16.3 Å².